The van der Waals surface area contributed by atoms with Gasteiger partial charge in [-0.05, 0) is 30.3 Å². The van der Waals surface area contributed by atoms with Crippen LogP contribution in [0, 0.1) is 0 Å². The van der Waals surface area contributed by atoms with Gasteiger partial charge in [-0.3, -0.25) is 0 Å². The predicted molar refractivity (Wildman–Crippen MR) is 232 cm³/mol. The zero-order valence-electron chi connectivity index (χ0n) is 28.6. The van der Waals surface area contributed by atoms with Gasteiger partial charge in [-0.1, -0.05) is 70.4 Å². The van der Waals surface area contributed by atoms with E-state index in [1.807, 2.05) is 54.6 Å². The van der Waals surface area contributed by atoms with E-state index in [1.54, 1.807) is 0 Å². The fourth-order valence-electron chi connectivity index (χ4n) is 7.16. The zero-order valence-corrected chi connectivity index (χ0v) is 28.6. The molecule has 0 atom stereocenters. The second-order valence-electron chi connectivity index (χ2n) is 13.1. The highest BCUT2D eigenvalue weighted by Gasteiger charge is 2.22. The molecule has 9 aromatic rings. The third-order valence-electron chi connectivity index (χ3n) is 10.0. The summed E-state index contributed by atoms with van der Waals surface area (Å²) in [6, 6.07) is 28.2. The van der Waals surface area contributed by atoms with Crippen LogP contribution < -0.4 is 54.6 Å². The maximum atomic E-state index is 6.49. The predicted octanol–water partition coefficient (Wildman–Crippen LogP) is -2.19. The van der Waals surface area contributed by atoms with Crippen molar-refractivity contribution < 1.29 is 4.42 Å². The molecule has 20 radical (unpaired) electrons. The summed E-state index contributed by atoms with van der Waals surface area (Å²) in [6.07, 6.45) is 0. The Bertz CT molecular complexity index is 2940. The van der Waals surface area contributed by atoms with Gasteiger partial charge in [0.05, 0.1) is 11.0 Å². The van der Waals surface area contributed by atoms with Gasteiger partial charge in [0.2, 0.25) is 0 Å². The van der Waals surface area contributed by atoms with Crippen molar-refractivity contribution in [1.29, 1.82) is 0 Å². The number of fused-ring (bicyclic) bond motifs is 6. The van der Waals surface area contributed by atoms with Crippen LogP contribution in [0.4, 0.5) is 0 Å². The average molecular weight is 663 g/mol. The summed E-state index contributed by atoms with van der Waals surface area (Å²) in [5, 5.41) is 4.22. The van der Waals surface area contributed by atoms with Crippen molar-refractivity contribution in [2.75, 3.05) is 0 Å². The van der Waals surface area contributed by atoms with E-state index in [4.69, 9.17) is 97.8 Å². The summed E-state index contributed by atoms with van der Waals surface area (Å²) in [6.45, 7) is 0. The first-order valence-electron chi connectivity index (χ1n) is 16.7. The third kappa shape index (κ3) is 5.04. The highest BCUT2D eigenvalue weighted by molar-refractivity contribution is 6.69. The molecule has 15 heteroatoms. The van der Waals surface area contributed by atoms with E-state index in [0.29, 0.717) is 5.56 Å². The Morgan fingerprint density at radius 3 is 1.52 bits per heavy atom. The lowest BCUT2D eigenvalue weighted by atomic mass is 9.60. The quantitative estimate of drug-likeness (QED) is 0.201. The Morgan fingerprint density at radius 1 is 0.389 bits per heavy atom. The minimum Gasteiger partial charge on any atom is -0.456 e. The van der Waals surface area contributed by atoms with E-state index in [-0.39, 0.29) is 83.2 Å². The van der Waals surface area contributed by atoms with Crippen LogP contribution in [0.25, 0.3) is 83.6 Å². The monoisotopic (exact) mass is 664 g/mol. The Balaban J connectivity index is 1.31. The molecule has 0 saturated heterocycles. The first kappa shape index (κ1) is 34.4. The lowest BCUT2D eigenvalue weighted by Crippen LogP contribution is -2.55. The highest BCUT2D eigenvalue weighted by Crippen LogP contribution is 2.38. The van der Waals surface area contributed by atoms with Gasteiger partial charge < -0.3 is 8.98 Å². The molecule has 3 aromatic heterocycles. The molecule has 54 heavy (non-hydrogen) atoms. The van der Waals surface area contributed by atoms with Crippen molar-refractivity contribution in [3.63, 3.8) is 0 Å². The number of rotatable bonds is 4. The van der Waals surface area contributed by atoms with Gasteiger partial charge in [0.25, 0.3) is 0 Å². The van der Waals surface area contributed by atoms with Gasteiger partial charge >= 0.3 is 0 Å². The maximum Gasteiger partial charge on any atom is 0.164 e. The molecule has 0 saturated carbocycles. The van der Waals surface area contributed by atoms with Gasteiger partial charge in [-0.15, -0.1) is 32.8 Å². The molecule has 5 nitrogen and oxygen atoms in total. The van der Waals surface area contributed by atoms with Crippen molar-refractivity contribution in [2.24, 2.45) is 0 Å². The van der Waals surface area contributed by atoms with Crippen LogP contribution in [-0.2, 0) is 0 Å². The molecular weight excluding hydrogens is 649 g/mol. The summed E-state index contributed by atoms with van der Waals surface area (Å²) in [4.78, 5) is 14.4. The largest absolute Gasteiger partial charge is 0.456 e. The second-order valence-corrected chi connectivity index (χ2v) is 13.1. The van der Waals surface area contributed by atoms with Gasteiger partial charge in [0, 0.05) is 50.0 Å². The Morgan fingerprint density at radius 2 is 0.907 bits per heavy atom. The van der Waals surface area contributed by atoms with Gasteiger partial charge in [0.15, 0.2) is 17.5 Å². The first-order valence-corrected chi connectivity index (χ1v) is 16.7. The third-order valence-corrected chi connectivity index (χ3v) is 10.0. The van der Waals surface area contributed by atoms with Crippen molar-refractivity contribution in [2.45, 2.75) is 0 Å². The molecular formula is C39H14B10N4O. The average Bonchev–Trinajstić information content (AvgIpc) is 3.71. The van der Waals surface area contributed by atoms with Crippen molar-refractivity contribution >= 4 is 177 Å². The lowest BCUT2D eigenvalue weighted by Gasteiger charge is -2.22. The zero-order chi connectivity index (χ0) is 37.7. The second kappa shape index (κ2) is 12.6. The van der Waals surface area contributed by atoms with Gasteiger partial charge in [-0.25, -0.2) is 15.0 Å². The Kier molecular flexibility index (Phi) is 8.00. The Labute approximate surface area is 324 Å². The topological polar surface area (TPSA) is 56.7 Å². The molecule has 0 aliphatic rings. The highest BCUT2D eigenvalue weighted by atomic mass is 16.3. The molecule has 0 aliphatic carbocycles. The molecule has 226 valence electrons. The number of para-hydroxylation sites is 2. The van der Waals surface area contributed by atoms with E-state index in [2.05, 4.69) is 34.9 Å². The van der Waals surface area contributed by atoms with Crippen molar-refractivity contribution in [3.8, 4) is 39.9 Å². The molecule has 0 fully saturated rings. The maximum absolute atomic E-state index is 6.49. The summed E-state index contributed by atoms with van der Waals surface area (Å²) in [5.41, 5.74) is 5.46. The molecule has 0 N–H and O–H groups in total. The molecule has 0 aliphatic heterocycles. The normalized spacial score (nSPS) is 11.7. The van der Waals surface area contributed by atoms with Crippen LogP contribution in [0.1, 0.15) is 0 Å². The van der Waals surface area contributed by atoms with Crippen LogP contribution in [0.2, 0.25) is 0 Å². The smallest absolute Gasteiger partial charge is 0.164 e. The number of nitrogens with zero attached hydrogens (tertiary/aromatic N) is 4. The van der Waals surface area contributed by atoms with Crippen molar-refractivity contribution in [1.82, 2.24) is 19.5 Å². The van der Waals surface area contributed by atoms with Crippen LogP contribution in [-0.4, -0.2) is 98.0 Å². The van der Waals surface area contributed by atoms with Crippen LogP contribution in [0.3, 0.4) is 0 Å². The van der Waals surface area contributed by atoms with Gasteiger partial charge in [0.1, 0.15) is 89.6 Å². The molecule has 0 unspecified atom stereocenters. The van der Waals surface area contributed by atoms with Gasteiger partial charge in [-0.2, -0.15) is 0 Å². The summed E-state index contributed by atoms with van der Waals surface area (Å²) < 4.78 is 8.47. The molecule has 0 amide bonds. The molecule has 0 bridgehead atoms. The van der Waals surface area contributed by atoms with Crippen LogP contribution in [0.15, 0.2) is 89.3 Å². The fraction of sp³-hybridized carbons (Fsp3) is 0. The molecule has 0 spiro atoms. The molecule has 6 aromatic carbocycles. The minimum atomic E-state index is 0.0192. The number of benzene rings is 6. The number of aromatic nitrogens is 4. The first-order chi connectivity index (χ1) is 25.9. The van der Waals surface area contributed by atoms with Crippen LogP contribution in [0.5, 0.6) is 0 Å². The minimum absolute atomic E-state index is 0.0192. The Hall–Kier alpha value is -5.42. The lowest BCUT2D eigenvalue weighted by molar-refractivity contribution is 0.669. The van der Waals surface area contributed by atoms with Crippen LogP contribution >= 0.6 is 0 Å². The van der Waals surface area contributed by atoms with E-state index in [9.17, 15) is 0 Å². The summed E-state index contributed by atoms with van der Waals surface area (Å²) >= 11 is 0. The number of hydrogen-bond acceptors (Lipinski definition) is 4. The number of furan rings is 1. The fourth-order valence-corrected chi connectivity index (χ4v) is 7.16. The summed E-state index contributed by atoms with van der Waals surface area (Å²) in [5.74, 6) is 0.245. The van der Waals surface area contributed by atoms with E-state index in [1.165, 1.54) is 0 Å². The van der Waals surface area contributed by atoms with E-state index >= 15 is 0 Å². The molecule has 9 rings (SSSR count). The standard InChI is InChI=1S/C39H14B10N4O/c40-27-25(28(41)32(45)35(48)31(27)44)38-50-37(51-39(52-38)26-29(42)33(46)36(49)34(47)30(26)43)15-6-5-7-16(12-15)53-21-10-3-1-8-17(21)19-13-20-18-9-2-4-11-23(18)54-24(20)14-22(19)53/h1-14H. The summed E-state index contributed by atoms with van der Waals surface area (Å²) in [7, 11) is 63.2. The SMILES string of the molecule is [B]c1c([B])c([B])c(-c2nc(-c3cccc(-n4c5ccccc5c5cc6c(cc54)oc4ccccc46)c3)nc(-c3c([B])c([B])c([B])c([B])c3[B])n2)c([B])c1[B]. The number of hydrogen-bond donors (Lipinski definition) is 0. The van der Waals surface area contributed by atoms with Crippen molar-refractivity contribution in [3.05, 3.63) is 84.9 Å². The molecule has 3 heterocycles. The van der Waals surface area contributed by atoms with E-state index in [0.717, 1.165) is 49.4 Å². The van der Waals surface area contributed by atoms with E-state index < -0.39 is 0 Å².